The van der Waals surface area contributed by atoms with Gasteiger partial charge in [-0.2, -0.15) is 4.98 Å². The number of nitro groups is 1. The van der Waals surface area contributed by atoms with Gasteiger partial charge in [0.1, 0.15) is 5.56 Å². The molecule has 2 aromatic rings. The number of aryl methyl sites for hydroxylation is 1. The van der Waals surface area contributed by atoms with Crippen molar-refractivity contribution in [3.8, 4) is 11.5 Å². The van der Waals surface area contributed by atoms with Gasteiger partial charge in [0.05, 0.1) is 10.3 Å². The van der Waals surface area contributed by atoms with E-state index in [-0.39, 0.29) is 11.6 Å². The normalized spacial score (nSPS) is 12.4. The molecule has 0 spiro atoms. The molecular weight excluding hydrogens is 258 g/mol. The third kappa shape index (κ3) is 2.19. The molecule has 1 aromatic carbocycles. The standard InChI is InChI=1S/C11H10ClN3O3/c1-6-4-3-5-8(15(16)17)9(6)11-13-10(7(2)12)14-18-11/h3-5,7H,1-2H3. The lowest BCUT2D eigenvalue weighted by Gasteiger charge is -2.01. The Morgan fingerprint density at radius 1 is 1.50 bits per heavy atom. The van der Waals surface area contributed by atoms with E-state index < -0.39 is 10.3 Å². The Kier molecular flexibility index (Phi) is 3.29. The van der Waals surface area contributed by atoms with E-state index in [9.17, 15) is 10.1 Å². The molecule has 0 saturated heterocycles. The second-order valence-electron chi connectivity index (χ2n) is 3.80. The summed E-state index contributed by atoms with van der Waals surface area (Å²) >= 11 is 5.83. The first-order valence-corrected chi connectivity index (χ1v) is 5.66. The van der Waals surface area contributed by atoms with Gasteiger partial charge in [-0.25, -0.2) is 0 Å². The van der Waals surface area contributed by atoms with Crippen molar-refractivity contribution in [3.05, 3.63) is 39.7 Å². The third-order valence-corrected chi connectivity index (χ3v) is 2.65. The number of nitro benzene ring substituents is 1. The van der Waals surface area contributed by atoms with Crippen LogP contribution in [0.4, 0.5) is 5.69 Å². The summed E-state index contributed by atoms with van der Waals surface area (Å²) in [7, 11) is 0. The zero-order valence-corrected chi connectivity index (χ0v) is 10.5. The molecular formula is C11H10ClN3O3. The Balaban J connectivity index is 2.58. The molecule has 0 saturated carbocycles. The molecule has 0 N–H and O–H groups in total. The van der Waals surface area contributed by atoms with Gasteiger partial charge in [0.15, 0.2) is 5.82 Å². The lowest BCUT2D eigenvalue weighted by Crippen LogP contribution is -1.95. The van der Waals surface area contributed by atoms with Crippen LogP contribution in [0.1, 0.15) is 23.7 Å². The molecule has 1 aromatic heterocycles. The summed E-state index contributed by atoms with van der Waals surface area (Å²) in [6.45, 7) is 3.44. The molecule has 7 heteroatoms. The van der Waals surface area contributed by atoms with E-state index in [1.807, 2.05) is 0 Å². The molecule has 0 aliphatic rings. The van der Waals surface area contributed by atoms with E-state index in [0.717, 1.165) is 0 Å². The Morgan fingerprint density at radius 3 is 2.78 bits per heavy atom. The Morgan fingerprint density at radius 2 is 2.22 bits per heavy atom. The summed E-state index contributed by atoms with van der Waals surface area (Å²) < 4.78 is 5.03. The molecule has 0 fully saturated rings. The van der Waals surface area contributed by atoms with Crippen LogP contribution in [0.5, 0.6) is 0 Å². The fraction of sp³-hybridized carbons (Fsp3) is 0.273. The van der Waals surface area contributed by atoms with Crippen molar-refractivity contribution in [1.29, 1.82) is 0 Å². The summed E-state index contributed by atoms with van der Waals surface area (Å²) in [6, 6.07) is 4.76. The minimum Gasteiger partial charge on any atom is -0.334 e. The molecule has 2 rings (SSSR count). The van der Waals surface area contributed by atoms with Crippen molar-refractivity contribution >= 4 is 17.3 Å². The summed E-state index contributed by atoms with van der Waals surface area (Å²) in [4.78, 5) is 14.6. The van der Waals surface area contributed by atoms with Crippen molar-refractivity contribution in [3.63, 3.8) is 0 Å². The minimum atomic E-state index is -0.476. The zero-order chi connectivity index (χ0) is 13.3. The Bertz CT molecular complexity index is 595. The number of hydrogen-bond acceptors (Lipinski definition) is 5. The quantitative estimate of drug-likeness (QED) is 0.484. The van der Waals surface area contributed by atoms with Crippen LogP contribution in [0.2, 0.25) is 0 Å². The first-order chi connectivity index (χ1) is 8.50. The highest BCUT2D eigenvalue weighted by Crippen LogP contribution is 2.32. The lowest BCUT2D eigenvalue weighted by atomic mass is 10.1. The van der Waals surface area contributed by atoms with E-state index in [1.165, 1.54) is 6.07 Å². The molecule has 0 amide bonds. The largest absolute Gasteiger partial charge is 0.334 e. The lowest BCUT2D eigenvalue weighted by molar-refractivity contribution is -0.384. The fourth-order valence-corrected chi connectivity index (χ4v) is 1.67. The predicted molar refractivity (Wildman–Crippen MR) is 65.4 cm³/mol. The highest BCUT2D eigenvalue weighted by molar-refractivity contribution is 6.20. The second kappa shape index (κ2) is 4.73. The SMILES string of the molecule is Cc1cccc([N+](=O)[O-])c1-c1nc(C(C)Cl)no1. The summed E-state index contributed by atoms with van der Waals surface area (Å²) in [5, 5.41) is 14.3. The predicted octanol–water partition coefficient (Wildman–Crippen LogP) is 3.25. The molecule has 1 heterocycles. The van der Waals surface area contributed by atoms with Gasteiger partial charge in [0, 0.05) is 6.07 Å². The van der Waals surface area contributed by atoms with Crippen LogP contribution in [0.25, 0.3) is 11.5 Å². The second-order valence-corrected chi connectivity index (χ2v) is 4.45. The molecule has 6 nitrogen and oxygen atoms in total. The fourth-order valence-electron chi connectivity index (χ4n) is 1.58. The third-order valence-electron chi connectivity index (χ3n) is 2.46. The molecule has 0 radical (unpaired) electrons. The number of benzene rings is 1. The Labute approximate surface area is 108 Å². The maximum atomic E-state index is 11.0. The number of rotatable bonds is 3. The first-order valence-electron chi connectivity index (χ1n) is 5.22. The summed E-state index contributed by atoms with van der Waals surface area (Å²) in [5.41, 5.74) is 0.965. The van der Waals surface area contributed by atoms with Gasteiger partial charge >= 0.3 is 0 Å². The number of aromatic nitrogens is 2. The number of nitrogens with zero attached hydrogens (tertiary/aromatic N) is 3. The number of hydrogen-bond donors (Lipinski definition) is 0. The van der Waals surface area contributed by atoms with E-state index in [2.05, 4.69) is 10.1 Å². The molecule has 94 valence electrons. The van der Waals surface area contributed by atoms with Crippen LogP contribution < -0.4 is 0 Å². The first kappa shape index (κ1) is 12.5. The molecule has 0 aliphatic heterocycles. The summed E-state index contributed by atoms with van der Waals surface area (Å²) in [6.07, 6.45) is 0. The van der Waals surface area contributed by atoms with Gasteiger partial charge in [0.2, 0.25) is 0 Å². The van der Waals surface area contributed by atoms with E-state index >= 15 is 0 Å². The van der Waals surface area contributed by atoms with Gasteiger partial charge < -0.3 is 4.52 Å². The van der Waals surface area contributed by atoms with Crippen LogP contribution in [-0.4, -0.2) is 15.1 Å². The van der Waals surface area contributed by atoms with Crippen molar-refractivity contribution in [2.75, 3.05) is 0 Å². The topological polar surface area (TPSA) is 82.1 Å². The van der Waals surface area contributed by atoms with Crippen LogP contribution in [-0.2, 0) is 0 Å². The van der Waals surface area contributed by atoms with Crippen molar-refractivity contribution in [2.24, 2.45) is 0 Å². The van der Waals surface area contributed by atoms with Crippen molar-refractivity contribution in [2.45, 2.75) is 19.2 Å². The smallest absolute Gasteiger partial charge is 0.282 e. The minimum absolute atomic E-state index is 0.0626. The van der Waals surface area contributed by atoms with Gasteiger partial charge in [-0.3, -0.25) is 10.1 Å². The van der Waals surface area contributed by atoms with E-state index in [0.29, 0.717) is 17.0 Å². The molecule has 1 atom stereocenters. The van der Waals surface area contributed by atoms with Gasteiger partial charge in [0.25, 0.3) is 11.6 Å². The Hall–Kier alpha value is -1.95. The number of halogens is 1. The molecule has 0 aliphatic carbocycles. The van der Waals surface area contributed by atoms with Crippen LogP contribution >= 0.6 is 11.6 Å². The molecule has 18 heavy (non-hydrogen) atoms. The summed E-state index contributed by atoms with van der Waals surface area (Å²) in [5.74, 6) is 0.423. The monoisotopic (exact) mass is 267 g/mol. The van der Waals surface area contributed by atoms with Crippen molar-refractivity contribution < 1.29 is 9.45 Å². The van der Waals surface area contributed by atoms with Gasteiger partial charge in [-0.1, -0.05) is 17.3 Å². The van der Waals surface area contributed by atoms with Crippen molar-refractivity contribution in [1.82, 2.24) is 10.1 Å². The maximum absolute atomic E-state index is 11.0. The molecule has 1 unspecified atom stereocenters. The average molecular weight is 268 g/mol. The van der Waals surface area contributed by atoms with Gasteiger partial charge in [-0.05, 0) is 19.4 Å². The highest BCUT2D eigenvalue weighted by Gasteiger charge is 2.23. The average Bonchev–Trinajstić information content (AvgIpc) is 2.77. The number of alkyl halides is 1. The van der Waals surface area contributed by atoms with Crippen LogP contribution in [0, 0.1) is 17.0 Å². The van der Waals surface area contributed by atoms with Crippen LogP contribution in [0.15, 0.2) is 22.7 Å². The molecule has 0 bridgehead atoms. The van der Waals surface area contributed by atoms with Gasteiger partial charge in [-0.15, -0.1) is 11.6 Å². The van der Waals surface area contributed by atoms with E-state index in [4.69, 9.17) is 16.1 Å². The van der Waals surface area contributed by atoms with E-state index in [1.54, 1.807) is 26.0 Å². The maximum Gasteiger partial charge on any atom is 0.282 e. The van der Waals surface area contributed by atoms with Crippen LogP contribution in [0.3, 0.4) is 0 Å². The zero-order valence-electron chi connectivity index (χ0n) is 9.75. The highest BCUT2D eigenvalue weighted by atomic mass is 35.5.